The van der Waals surface area contributed by atoms with Gasteiger partial charge >= 0.3 is 0 Å². The number of anilines is 1. The average molecular weight is 385 g/mol. The number of aliphatic hydroxyl groups is 1. The van der Waals surface area contributed by atoms with Gasteiger partial charge in [-0.05, 0) is 17.7 Å². The van der Waals surface area contributed by atoms with Crippen molar-refractivity contribution in [2.75, 3.05) is 25.6 Å². The molecule has 0 bridgehead atoms. The maximum absolute atomic E-state index is 12.3. The predicted octanol–water partition coefficient (Wildman–Crippen LogP) is 2.89. The fourth-order valence-corrected chi connectivity index (χ4v) is 3.59. The molecule has 0 saturated carbocycles. The van der Waals surface area contributed by atoms with Gasteiger partial charge in [0.1, 0.15) is 6.04 Å². The molecule has 0 spiro atoms. The molecule has 7 heteroatoms. The summed E-state index contributed by atoms with van der Waals surface area (Å²) in [6, 6.07) is 13.5. The molecule has 3 aromatic rings. The summed E-state index contributed by atoms with van der Waals surface area (Å²) in [6.07, 6.45) is -0.863. The summed E-state index contributed by atoms with van der Waals surface area (Å²) >= 11 is 1.41. The van der Waals surface area contributed by atoms with Gasteiger partial charge in [0.05, 0.1) is 18.4 Å². The summed E-state index contributed by atoms with van der Waals surface area (Å²) in [4.78, 5) is 16.9. The number of ether oxygens (including phenoxy) is 1. The Labute approximate surface area is 162 Å². The Balaban J connectivity index is 1.79. The molecule has 2 atom stereocenters. The van der Waals surface area contributed by atoms with Crippen LogP contribution in [0.15, 0.2) is 47.8 Å². The summed E-state index contributed by atoms with van der Waals surface area (Å²) in [7, 11) is 1.57. The van der Waals surface area contributed by atoms with E-state index >= 15 is 0 Å². The van der Waals surface area contributed by atoms with E-state index in [1.54, 1.807) is 14.0 Å². The van der Waals surface area contributed by atoms with E-state index in [2.05, 4.69) is 33.8 Å². The number of hydrogen-bond donors (Lipinski definition) is 3. The Morgan fingerprint density at radius 2 is 2.04 bits per heavy atom. The van der Waals surface area contributed by atoms with Crippen molar-refractivity contribution in [3.05, 3.63) is 47.8 Å². The number of thiazole rings is 1. The van der Waals surface area contributed by atoms with Crippen molar-refractivity contribution >= 4 is 33.1 Å². The van der Waals surface area contributed by atoms with E-state index in [9.17, 15) is 9.90 Å². The number of aliphatic hydroxyl groups excluding tert-OH is 1. The average Bonchev–Trinajstić information content (AvgIpc) is 3.14. The standard InChI is InChI=1S/C20H23N3O3S/c1-13(24)18(19(25)21-10-11-26-2)23-20-22-17(12-27-20)16-9-5-7-14-6-3-4-8-15(14)16/h3-9,12-13,18,24H,10-11H2,1-2H3,(H,21,25)(H,22,23)/t13-,18+/m1/s1. The van der Waals surface area contributed by atoms with Crippen molar-refractivity contribution in [1.82, 2.24) is 10.3 Å². The van der Waals surface area contributed by atoms with Crippen molar-refractivity contribution in [1.29, 1.82) is 0 Å². The molecule has 0 fully saturated rings. The number of nitrogens with zero attached hydrogens (tertiary/aromatic N) is 1. The monoisotopic (exact) mass is 385 g/mol. The highest BCUT2D eigenvalue weighted by molar-refractivity contribution is 7.14. The maximum Gasteiger partial charge on any atom is 0.245 e. The molecule has 0 radical (unpaired) electrons. The van der Waals surface area contributed by atoms with Gasteiger partial charge in [0, 0.05) is 24.6 Å². The molecule has 0 saturated heterocycles. The normalized spacial score (nSPS) is 13.3. The molecule has 27 heavy (non-hydrogen) atoms. The van der Waals surface area contributed by atoms with Crippen LogP contribution in [0.1, 0.15) is 6.92 Å². The first-order valence-electron chi connectivity index (χ1n) is 8.75. The van der Waals surface area contributed by atoms with Gasteiger partial charge in [0.25, 0.3) is 0 Å². The van der Waals surface area contributed by atoms with E-state index in [-0.39, 0.29) is 5.91 Å². The maximum atomic E-state index is 12.3. The topological polar surface area (TPSA) is 83.5 Å². The zero-order valence-corrected chi connectivity index (χ0v) is 16.1. The Bertz CT molecular complexity index is 905. The molecule has 3 N–H and O–H groups in total. The summed E-state index contributed by atoms with van der Waals surface area (Å²) in [5.41, 5.74) is 1.87. The molecule has 1 heterocycles. The van der Waals surface area contributed by atoms with Gasteiger partial charge in [-0.1, -0.05) is 42.5 Å². The van der Waals surface area contributed by atoms with Crippen molar-refractivity contribution in [3.63, 3.8) is 0 Å². The summed E-state index contributed by atoms with van der Waals surface area (Å²) in [5.74, 6) is -0.288. The molecule has 3 rings (SSSR count). The van der Waals surface area contributed by atoms with Crippen LogP contribution in [-0.2, 0) is 9.53 Å². The number of benzene rings is 2. The van der Waals surface area contributed by atoms with Crippen LogP contribution in [0.25, 0.3) is 22.0 Å². The highest BCUT2D eigenvalue weighted by Gasteiger charge is 2.24. The predicted molar refractivity (Wildman–Crippen MR) is 109 cm³/mol. The minimum Gasteiger partial charge on any atom is -0.391 e. The smallest absolute Gasteiger partial charge is 0.245 e. The number of hydrogen-bond acceptors (Lipinski definition) is 6. The second-order valence-corrected chi connectivity index (χ2v) is 7.07. The van der Waals surface area contributed by atoms with Gasteiger partial charge < -0.3 is 20.5 Å². The first kappa shape index (κ1) is 19.3. The van der Waals surface area contributed by atoms with Gasteiger partial charge in [-0.15, -0.1) is 11.3 Å². The summed E-state index contributed by atoms with van der Waals surface area (Å²) in [5, 5.41) is 20.6. The minimum atomic E-state index is -0.863. The SMILES string of the molecule is COCCNC(=O)[C@@H](Nc1nc(-c2cccc3ccccc23)cs1)[C@@H](C)O. The molecule has 6 nitrogen and oxygen atoms in total. The first-order chi connectivity index (χ1) is 13.1. The lowest BCUT2D eigenvalue weighted by atomic mass is 10.0. The molecule has 0 aliphatic carbocycles. The first-order valence-corrected chi connectivity index (χ1v) is 9.63. The Hall–Kier alpha value is -2.48. The van der Waals surface area contributed by atoms with Gasteiger partial charge in [-0.2, -0.15) is 0 Å². The van der Waals surface area contributed by atoms with E-state index in [0.717, 1.165) is 22.0 Å². The van der Waals surface area contributed by atoms with E-state index in [0.29, 0.717) is 18.3 Å². The van der Waals surface area contributed by atoms with Crippen LogP contribution in [0.2, 0.25) is 0 Å². The molecule has 0 aliphatic rings. The third kappa shape index (κ3) is 4.63. The van der Waals surface area contributed by atoms with Gasteiger partial charge in [0.2, 0.25) is 5.91 Å². The molecular formula is C20H23N3O3S. The molecule has 0 unspecified atom stereocenters. The third-order valence-corrected chi connectivity index (χ3v) is 4.99. The number of amides is 1. The Morgan fingerprint density at radius 3 is 2.81 bits per heavy atom. The van der Waals surface area contributed by atoms with Crippen molar-refractivity contribution in [2.45, 2.75) is 19.1 Å². The highest BCUT2D eigenvalue weighted by Crippen LogP contribution is 2.31. The number of nitrogens with one attached hydrogen (secondary N) is 2. The fraction of sp³-hybridized carbons (Fsp3) is 0.300. The zero-order chi connectivity index (χ0) is 19.2. The van der Waals surface area contributed by atoms with Crippen LogP contribution in [-0.4, -0.2) is 48.4 Å². The summed E-state index contributed by atoms with van der Waals surface area (Å²) in [6.45, 7) is 2.38. The molecular weight excluding hydrogens is 362 g/mol. The van der Waals surface area contributed by atoms with E-state index in [4.69, 9.17) is 4.74 Å². The lowest BCUT2D eigenvalue weighted by molar-refractivity contribution is -0.123. The minimum absolute atomic E-state index is 0.288. The second-order valence-electron chi connectivity index (χ2n) is 6.21. The lowest BCUT2D eigenvalue weighted by Crippen LogP contribution is -2.46. The third-order valence-electron chi connectivity index (χ3n) is 4.22. The van der Waals surface area contributed by atoms with Crippen molar-refractivity contribution < 1.29 is 14.6 Å². The zero-order valence-electron chi connectivity index (χ0n) is 15.3. The molecule has 1 aromatic heterocycles. The highest BCUT2D eigenvalue weighted by atomic mass is 32.1. The molecule has 1 amide bonds. The van der Waals surface area contributed by atoms with Gasteiger partial charge in [0.15, 0.2) is 5.13 Å². The number of fused-ring (bicyclic) bond motifs is 1. The van der Waals surface area contributed by atoms with Crippen LogP contribution in [0.4, 0.5) is 5.13 Å². The van der Waals surface area contributed by atoms with Crippen LogP contribution < -0.4 is 10.6 Å². The van der Waals surface area contributed by atoms with Gasteiger partial charge in [-0.3, -0.25) is 4.79 Å². The Kier molecular flexibility index (Phi) is 6.39. The molecule has 0 aliphatic heterocycles. The number of aromatic nitrogens is 1. The van der Waals surface area contributed by atoms with Crippen molar-refractivity contribution in [2.24, 2.45) is 0 Å². The quantitative estimate of drug-likeness (QED) is 0.519. The van der Waals surface area contributed by atoms with E-state index in [1.807, 2.05) is 29.6 Å². The van der Waals surface area contributed by atoms with Crippen molar-refractivity contribution in [3.8, 4) is 11.3 Å². The largest absolute Gasteiger partial charge is 0.391 e. The molecule has 2 aromatic carbocycles. The number of carbonyl (C=O) groups excluding carboxylic acids is 1. The molecule has 142 valence electrons. The lowest BCUT2D eigenvalue weighted by Gasteiger charge is -2.20. The number of carbonyl (C=O) groups is 1. The van der Waals surface area contributed by atoms with Crippen LogP contribution in [0.5, 0.6) is 0 Å². The van der Waals surface area contributed by atoms with E-state index in [1.165, 1.54) is 11.3 Å². The number of rotatable bonds is 8. The second kappa shape index (κ2) is 8.94. The van der Waals surface area contributed by atoms with Gasteiger partial charge in [-0.25, -0.2) is 4.98 Å². The fourth-order valence-electron chi connectivity index (χ4n) is 2.84. The summed E-state index contributed by atoms with van der Waals surface area (Å²) < 4.78 is 4.93. The van der Waals surface area contributed by atoms with Crippen LogP contribution in [0.3, 0.4) is 0 Å². The number of methoxy groups -OCH3 is 1. The van der Waals surface area contributed by atoms with Crippen LogP contribution in [0, 0.1) is 0 Å². The Morgan fingerprint density at radius 1 is 1.26 bits per heavy atom. The van der Waals surface area contributed by atoms with E-state index < -0.39 is 12.1 Å². The van der Waals surface area contributed by atoms with Crippen LogP contribution >= 0.6 is 11.3 Å².